The van der Waals surface area contributed by atoms with E-state index in [1.165, 1.54) is 16.2 Å². The van der Waals surface area contributed by atoms with Crippen LogP contribution in [0.25, 0.3) is 11.3 Å². The minimum Gasteiger partial charge on any atom is -0.322 e. The van der Waals surface area contributed by atoms with Gasteiger partial charge in [0.2, 0.25) is 0 Å². The largest absolute Gasteiger partial charge is 0.322 e. The summed E-state index contributed by atoms with van der Waals surface area (Å²) in [6.07, 6.45) is 0.729. The highest BCUT2D eigenvalue weighted by Gasteiger charge is 2.28. The molecule has 0 atom stereocenters. The van der Waals surface area contributed by atoms with Crippen molar-refractivity contribution in [3.8, 4) is 11.3 Å². The molecule has 33 heavy (non-hydrogen) atoms. The SMILES string of the molecule is Cc1nc2c(s1)CCN(C(=O)c1ccc(NC(=O)c3ccsc3C)cc1Cl)c1ccccc1-2. The van der Waals surface area contributed by atoms with Crippen LogP contribution in [-0.2, 0) is 6.42 Å². The number of thiazole rings is 1. The Kier molecular flexibility index (Phi) is 5.78. The molecule has 5 rings (SSSR count). The van der Waals surface area contributed by atoms with Gasteiger partial charge in [-0.05, 0) is 49.6 Å². The van der Waals surface area contributed by atoms with E-state index in [-0.39, 0.29) is 11.8 Å². The summed E-state index contributed by atoms with van der Waals surface area (Å²) in [5.41, 5.74) is 4.31. The van der Waals surface area contributed by atoms with Gasteiger partial charge in [0, 0.05) is 34.0 Å². The van der Waals surface area contributed by atoms with Crippen molar-refractivity contribution in [3.63, 3.8) is 0 Å². The molecule has 1 N–H and O–H groups in total. The molecule has 5 nitrogen and oxygen atoms in total. The van der Waals surface area contributed by atoms with Gasteiger partial charge in [0.15, 0.2) is 0 Å². The van der Waals surface area contributed by atoms with Crippen LogP contribution < -0.4 is 10.2 Å². The molecule has 1 aliphatic heterocycles. The highest BCUT2D eigenvalue weighted by atomic mass is 35.5. The van der Waals surface area contributed by atoms with E-state index in [4.69, 9.17) is 16.6 Å². The summed E-state index contributed by atoms with van der Waals surface area (Å²) in [4.78, 5) is 34.7. The third-order valence-electron chi connectivity index (χ3n) is 5.62. The summed E-state index contributed by atoms with van der Waals surface area (Å²) in [5, 5.41) is 6.06. The molecule has 0 spiro atoms. The number of fused-ring (bicyclic) bond motifs is 3. The number of para-hydroxylation sites is 1. The highest BCUT2D eigenvalue weighted by molar-refractivity contribution is 7.12. The number of nitrogens with one attached hydrogen (secondary N) is 1. The normalized spacial score (nSPS) is 12.6. The van der Waals surface area contributed by atoms with Crippen molar-refractivity contribution >= 4 is 57.5 Å². The number of nitrogens with zero attached hydrogens (tertiary/aromatic N) is 2. The average Bonchev–Trinajstić information content (AvgIpc) is 3.35. The molecule has 3 heterocycles. The molecule has 2 amide bonds. The molecular formula is C25H20ClN3O2S2. The first-order valence-corrected chi connectivity index (χ1v) is 12.5. The standard InChI is InChI=1S/C25H20ClN3O2S2/c1-14-17(10-12-32-14)24(30)28-16-7-8-18(20(26)13-16)25(31)29-11-9-22-23(27-15(2)33-22)19-5-3-4-6-21(19)29/h3-8,10,12-13H,9,11H2,1-2H3,(H,28,30). The molecule has 0 unspecified atom stereocenters. The number of amides is 2. The Morgan fingerprint density at radius 3 is 2.67 bits per heavy atom. The first-order valence-electron chi connectivity index (χ1n) is 10.4. The maximum Gasteiger partial charge on any atom is 0.259 e. The number of thiophene rings is 1. The molecule has 0 aliphatic carbocycles. The minimum atomic E-state index is -0.195. The van der Waals surface area contributed by atoms with Gasteiger partial charge in [-0.2, -0.15) is 0 Å². The highest BCUT2D eigenvalue weighted by Crippen LogP contribution is 2.39. The van der Waals surface area contributed by atoms with Gasteiger partial charge in [-0.25, -0.2) is 4.98 Å². The molecule has 0 radical (unpaired) electrons. The summed E-state index contributed by atoms with van der Waals surface area (Å²) >= 11 is 9.73. The number of halogens is 1. The summed E-state index contributed by atoms with van der Waals surface area (Å²) in [6.45, 7) is 4.45. The van der Waals surface area contributed by atoms with Gasteiger partial charge in [-0.1, -0.05) is 29.8 Å². The lowest BCUT2D eigenvalue weighted by molar-refractivity contribution is 0.0986. The third kappa shape index (κ3) is 4.08. The van der Waals surface area contributed by atoms with E-state index >= 15 is 0 Å². The summed E-state index contributed by atoms with van der Waals surface area (Å²) in [6, 6.07) is 14.6. The molecule has 1 aliphatic rings. The fourth-order valence-corrected chi connectivity index (χ4v) is 5.93. The monoisotopic (exact) mass is 493 g/mol. The number of hydrogen-bond donors (Lipinski definition) is 1. The summed E-state index contributed by atoms with van der Waals surface area (Å²) < 4.78 is 0. The van der Waals surface area contributed by atoms with Gasteiger partial charge in [-0.3, -0.25) is 9.59 Å². The lowest BCUT2D eigenvalue weighted by Gasteiger charge is -2.23. The number of carbonyl (C=O) groups excluding carboxylic acids is 2. The predicted octanol–water partition coefficient (Wildman–Crippen LogP) is 6.60. The van der Waals surface area contributed by atoms with Crippen molar-refractivity contribution in [2.24, 2.45) is 0 Å². The van der Waals surface area contributed by atoms with Gasteiger partial charge >= 0.3 is 0 Å². The van der Waals surface area contributed by atoms with Crippen molar-refractivity contribution in [1.82, 2.24) is 4.98 Å². The van der Waals surface area contributed by atoms with Gasteiger partial charge < -0.3 is 10.2 Å². The third-order valence-corrected chi connectivity index (χ3v) is 7.81. The Bertz CT molecular complexity index is 1390. The van der Waals surface area contributed by atoms with Crippen LogP contribution in [0.3, 0.4) is 0 Å². The fourth-order valence-electron chi connectivity index (χ4n) is 4.03. The van der Waals surface area contributed by atoms with Crippen molar-refractivity contribution in [2.45, 2.75) is 20.3 Å². The van der Waals surface area contributed by atoms with Crippen LogP contribution in [0.2, 0.25) is 5.02 Å². The Morgan fingerprint density at radius 2 is 1.91 bits per heavy atom. The number of benzene rings is 2. The van der Waals surface area contributed by atoms with Crippen molar-refractivity contribution < 1.29 is 9.59 Å². The zero-order valence-corrected chi connectivity index (χ0v) is 20.4. The molecule has 0 bridgehead atoms. The second kappa shape index (κ2) is 8.74. The quantitative estimate of drug-likeness (QED) is 0.350. The number of aryl methyl sites for hydroxylation is 2. The van der Waals surface area contributed by atoms with E-state index in [1.54, 1.807) is 40.5 Å². The molecular weight excluding hydrogens is 474 g/mol. The van der Waals surface area contributed by atoms with Crippen LogP contribution in [0.4, 0.5) is 11.4 Å². The molecule has 2 aromatic carbocycles. The van der Waals surface area contributed by atoms with E-state index in [2.05, 4.69) is 5.32 Å². The fraction of sp³-hybridized carbons (Fsp3) is 0.160. The van der Waals surface area contributed by atoms with E-state index in [1.807, 2.05) is 43.5 Å². The molecule has 0 saturated carbocycles. The summed E-state index contributed by atoms with van der Waals surface area (Å²) in [7, 11) is 0. The van der Waals surface area contributed by atoms with E-state index in [0.29, 0.717) is 28.4 Å². The van der Waals surface area contributed by atoms with Crippen molar-refractivity contribution in [1.29, 1.82) is 0 Å². The Morgan fingerprint density at radius 1 is 1.09 bits per heavy atom. The summed E-state index contributed by atoms with van der Waals surface area (Å²) in [5.74, 6) is -0.370. The van der Waals surface area contributed by atoms with Gasteiger partial charge in [0.1, 0.15) is 0 Å². The second-order valence-electron chi connectivity index (χ2n) is 7.77. The minimum absolute atomic E-state index is 0.175. The lowest BCUT2D eigenvalue weighted by Crippen LogP contribution is -2.32. The van der Waals surface area contributed by atoms with Crippen LogP contribution >= 0.6 is 34.3 Å². The van der Waals surface area contributed by atoms with Crippen molar-refractivity contribution in [3.05, 3.63) is 84.8 Å². The van der Waals surface area contributed by atoms with E-state index < -0.39 is 0 Å². The Balaban J connectivity index is 1.44. The lowest BCUT2D eigenvalue weighted by atomic mass is 10.1. The number of aromatic nitrogens is 1. The van der Waals surface area contributed by atoms with Crippen LogP contribution in [0.5, 0.6) is 0 Å². The van der Waals surface area contributed by atoms with E-state index in [0.717, 1.165) is 33.3 Å². The maximum absolute atomic E-state index is 13.6. The van der Waals surface area contributed by atoms with Crippen LogP contribution in [0.1, 0.15) is 35.5 Å². The Hall–Kier alpha value is -3.00. The molecule has 166 valence electrons. The molecule has 0 fully saturated rings. The average molecular weight is 494 g/mol. The Labute approximate surface area is 204 Å². The molecule has 4 aromatic rings. The van der Waals surface area contributed by atoms with Crippen LogP contribution in [-0.4, -0.2) is 23.3 Å². The number of hydrogen-bond acceptors (Lipinski definition) is 5. The molecule has 2 aromatic heterocycles. The molecule has 0 saturated heterocycles. The van der Waals surface area contributed by atoms with Gasteiger partial charge in [0.05, 0.1) is 32.5 Å². The van der Waals surface area contributed by atoms with Crippen LogP contribution in [0.15, 0.2) is 53.9 Å². The molecule has 8 heteroatoms. The zero-order chi connectivity index (χ0) is 23.1. The van der Waals surface area contributed by atoms with Crippen molar-refractivity contribution in [2.75, 3.05) is 16.8 Å². The zero-order valence-electron chi connectivity index (χ0n) is 18.0. The van der Waals surface area contributed by atoms with Crippen LogP contribution in [0, 0.1) is 13.8 Å². The van der Waals surface area contributed by atoms with E-state index in [9.17, 15) is 9.59 Å². The number of rotatable bonds is 3. The second-order valence-corrected chi connectivity index (χ2v) is 10.6. The number of carbonyl (C=O) groups is 2. The first kappa shape index (κ1) is 21.8. The first-order chi connectivity index (χ1) is 15.9. The topological polar surface area (TPSA) is 62.3 Å². The smallest absolute Gasteiger partial charge is 0.259 e. The predicted molar refractivity (Wildman–Crippen MR) is 136 cm³/mol. The van der Waals surface area contributed by atoms with Gasteiger partial charge in [0.25, 0.3) is 11.8 Å². The van der Waals surface area contributed by atoms with Gasteiger partial charge in [-0.15, -0.1) is 22.7 Å². The maximum atomic E-state index is 13.6. The number of anilines is 2.